The van der Waals surface area contributed by atoms with Gasteiger partial charge in [-0.25, -0.2) is 9.59 Å². The van der Waals surface area contributed by atoms with Crippen LogP contribution in [-0.2, 0) is 28.5 Å². The molecule has 2 N–H and O–H groups in total. The van der Waals surface area contributed by atoms with Crippen LogP contribution in [0.25, 0.3) is 0 Å². The standard InChI is InChI=1S/C36H60N2O8/c1-3-5-27-43-33(39)31-37-35(41)45-29-25-23-21-19-17-15-13-11-9-7-8-10-12-14-16-18-20-22-24-26-30-46-36(42)38-32-34(40)44-28-6-4-2/h3-6,11-32H2,1-2H3,(H,37,41)(H,38,42). The first-order valence-electron chi connectivity index (χ1n) is 17.6. The molecule has 2 amide bonds. The Bertz CT molecular complexity index is 842. The second-order valence-electron chi connectivity index (χ2n) is 11.2. The van der Waals surface area contributed by atoms with Crippen LogP contribution in [0.2, 0.25) is 0 Å². The molecular weight excluding hydrogens is 588 g/mol. The molecule has 0 aliphatic rings. The molecule has 262 valence electrons. The Morgan fingerprint density at radius 1 is 0.435 bits per heavy atom. The van der Waals surface area contributed by atoms with Crippen molar-refractivity contribution in [2.75, 3.05) is 39.5 Å². The third-order valence-corrected chi connectivity index (χ3v) is 6.87. The van der Waals surface area contributed by atoms with Gasteiger partial charge in [0, 0.05) is 12.8 Å². The van der Waals surface area contributed by atoms with Crippen LogP contribution in [0, 0.1) is 23.7 Å². The van der Waals surface area contributed by atoms with E-state index in [9.17, 15) is 19.2 Å². The summed E-state index contributed by atoms with van der Waals surface area (Å²) in [6.07, 6.45) is 19.2. The van der Waals surface area contributed by atoms with Gasteiger partial charge in [0.1, 0.15) is 13.1 Å². The summed E-state index contributed by atoms with van der Waals surface area (Å²) in [4.78, 5) is 46.0. The van der Waals surface area contributed by atoms with Crippen LogP contribution >= 0.6 is 0 Å². The summed E-state index contributed by atoms with van der Waals surface area (Å²) in [5.41, 5.74) is 0. The zero-order chi connectivity index (χ0) is 33.8. The van der Waals surface area contributed by atoms with E-state index in [0.29, 0.717) is 26.4 Å². The Kier molecular flexibility index (Phi) is 31.9. The number of unbranched alkanes of at least 4 members (excludes halogenated alkanes) is 16. The Hall–Kier alpha value is -3.40. The average molecular weight is 649 g/mol. The van der Waals surface area contributed by atoms with Crippen molar-refractivity contribution in [1.29, 1.82) is 0 Å². The molecule has 0 spiro atoms. The Balaban J connectivity index is 3.41. The first-order valence-corrected chi connectivity index (χ1v) is 17.6. The van der Waals surface area contributed by atoms with Gasteiger partial charge >= 0.3 is 24.1 Å². The van der Waals surface area contributed by atoms with Crippen LogP contribution in [0.4, 0.5) is 9.59 Å². The van der Waals surface area contributed by atoms with Crippen molar-refractivity contribution in [3.63, 3.8) is 0 Å². The second kappa shape index (κ2) is 34.5. The number of ether oxygens (including phenoxy) is 4. The molecule has 0 heterocycles. The largest absolute Gasteiger partial charge is 0.464 e. The highest BCUT2D eigenvalue weighted by Crippen LogP contribution is 2.09. The molecule has 0 fully saturated rings. The van der Waals surface area contributed by atoms with Crippen molar-refractivity contribution in [3.05, 3.63) is 0 Å². The van der Waals surface area contributed by atoms with E-state index in [1.165, 1.54) is 12.8 Å². The normalized spacial score (nSPS) is 10.0. The van der Waals surface area contributed by atoms with Crippen molar-refractivity contribution in [1.82, 2.24) is 10.6 Å². The van der Waals surface area contributed by atoms with E-state index in [1.54, 1.807) is 0 Å². The predicted octanol–water partition coefficient (Wildman–Crippen LogP) is 7.37. The van der Waals surface area contributed by atoms with Gasteiger partial charge in [0.05, 0.1) is 26.4 Å². The van der Waals surface area contributed by atoms with Gasteiger partial charge in [0.15, 0.2) is 0 Å². The maximum Gasteiger partial charge on any atom is 0.407 e. The fourth-order valence-corrected chi connectivity index (χ4v) is 4.10. The number of hydrogen-bond donors (Lipinski definition) is 2. The van der Waals surface area contributed by atoms with Gasteiger partial charge in [-0.15, -0.1) is 0 Å². The van der Waals surface area contributed by atoms with E-state index < -0.39 is 24.1 Å². The highest BCUT2D eigenvalue weighted by atomic mass is 16.6. The lowest BCUT2D eigenvalue weighted by Crippen LogP contribution is -2.31. The van der Waals surface area contributed by atoms with E-state index in [0.717, 1.165) is 116 Å². The molecule has 0 aliphatic heterocycles. The van der Waals surface area contributed by atoms with E-state index in [2.05, 4.69) is 34.3 Å². The average Bonchev–Trinajstić information content (AvgIpc) is 3.05. The molecule has 0 radical (unpaired) electrons. The van der Waals surface area contributed by atoms with E-state index in [1.807, 2.05) is 13.8 Å². The molecule has 10 nitrogen and oxygen atoms in total. The molecule has 10 heteroatoms. The van der Waals surface area contributed by atoms with E-state index in [4.69, 9.17) is 18.9 Å². The number of hydrogen-bond acceptors (Lipinski definition) is 8. The molecule has 0 rings (SSSR count). The zero-order valence-corrected chi connectivity index (χ0v) is 28.7. The summed E-state index contributed by atoms with van der Waals surface area (Å²) < 4.78 is 20.1. The second-order valence-corrected chi connectivity index (χ2v) is 11.2. The number of esters is 2. The lowest BCUT2D eigenvalue weighted by atomic mass is 10.1. The number of carbonyl (C=O) groups is 4. The summed E-state index contributed by atoms with van der Waals surface area (Å²) in [7, 11) is 0. The highest BCUT2D eigenvalue weighted by molar-refractivity contribution is 5.78. The molecule has 46 heavy (non-hydrogen) atoms. The van der Waals surface area contributed by atoms with Gasteiger partial charge in [0.2, 0.25) is 0 Å². The number of rotatable bonds is 28. The van der Waals surface area contributed by atoms with Crippen molar-refractivity contribution in [2.24, 2.45) is 0 Å². The zero-order valence-electron chi connectivity index (χ0n) is 28.7. The van der Waals surface area contributed by atoms with Crippen LogP contribution in [0.3, 0.4) is 0 Å². The summed E-state index contributed by atoms with van der Waals surface area (Å²) >= 11 is 0. The van der Waals surface area contributed by atoms with Crippen LogP contribution in [0.15, 0.2) is 0 Å². The monoisotopic (exact) mass is 648 g/mol. The first-order chi connectivity index (χ1) is 22.5. The number of nitrogens with one attached hydrogen (secondary N) is 2. The van der Waals surface area contributed by atoms with Gasteiger partial charge in [-0.3, -0.25) is 9.59 Å². The molecule has 0 aromatic heterocycles. The van der Waals surface area contributed by atoms with Crippen molar-refractivity contribution >= 4 is 24.1 Å². The molecule has 0 bridgehead atoms. The summed E-state index contributed by atoms with van der Waals surface area (Å²) in [5.74, 6) is 11.3. The molecule has 0 unspecified atom stereocenters. The summed E-state index contributed by atoms with van der Waals surface area (Å²) in [6.45, 7) is 5.19. The number of amides is 2. The maximum absolute atomic E-state index is 11.6. The third-order valence-electron chi connectivity index (χ3n) is 6.87. The van der Waals surface area contributed by atoms with Crippen molar-refractivity contribution in [2.45, 2.75) is 142 Å². The Labute approximate surface area is 278 Å². The van der Waals surface area contributed by atoms with Crippen LogP contribution in [0.1, 0.15) is 142 Å². The van der Waals surface area contributed by atoms with E-state index in [-0.39, 0.29) is 13.1 Å². The minimum Gasteiger partial charge on any atom is -0.464 e. The van der Waals surface area contributed by atoms with Crippen LogP contribution < -0.4 is 10.6 Å². The van der Waals surface area contributed by atoms with Crippen molar-refractivity contribution < 1.29 is 38.1 Å². The van der Waals surface area contributed by atoms with Crippen molar-refractivity contribution in [3.8, 4) is 23.7 Å². The Morgan fingerprint density at radius 3 is 1.13 bits per heavy atom. The lowest BCUT2D eigenvalue weighted by Gasteiger charge is -2.07. The molecule has 0 atom stereocenters. The number of alkyl carbamates (subject to hydrolysis) is 2. The third kappa shape index (κ3) is 33.5. The van der Waals surface area contributed by atoms with E-state index >= 15 is 0 Å². The minimum atomic E-state index is -0.577. The molecule has 0 aliphatic carbocycles. The van der Waals surface area contributed by atoms with Crippen LogP contribution in [-0.4, -0.2) is 63.6 Å². The van der Waals surface area contributed by atoms with Gasteiger partial charge in [-0.2, -0.15) is 0 Å². The summed E-state index contributed by atoms with van der Waals surface area (Å²) in [5, 5.41) is 4.82. The minimum absolute atomic E-state index is 0.158. The highest BCUT2D eigenvalue weighted by Gasteiger charge is 2.08. The SMILES string of the molecule is CCCCOC(=O)CNC(=O)OCCCCCCCCCC#CC#CCCCCCCCCCOC(=O)NCC(=O)OCCCC. The molecule has 0 saturated heterocycles. The smallest absolute Gasteiger partial charge is 0.407 e. The topological polar surface area (TPSA) is 129 Å². The van der Waals surface area contributed by atoms with Gasteiger partial charge in [-0.05, 0) is 50.4 Å². The predicted molar refractivity (Wildman–Crippen MR) is 180 cm³/mol. The Morgan fingerprint density at radius 2 is 0.761 bits per heavy atom. The molecule has 0 aromatic rings. The van der Waals surface area contributed by atoms with Crippen LogP contribution in [0.5, 0.6) is 0 Å². The fraction of sp³-hybridized carbons (Fsp3) is 0.778. The van der Waals surface area contributed by atoms with Gasteiger partial charge < -0.3 is 29.6 Å². The summed E-state index contributed by atoms with van der Waals surface area (Å²) in [6, 6.07) is 0. The maximum atomic E-state index is 11.6. The first kappa shape index (κ1) is 42.6. The number of carbonyl (C=O) groups excluding carboxylic acids is 4. The lowest BCUT2D eigenvalue weighted by molar-refractivity contribution is -0.143. The quantitative estimate of drug-likeness (QED) is 0.0389. The van der Waals surface area contributed by atoms with Gasteiger partial charge in [-0.1, -0.05) is 103 Å². The van der Waals surface area contributed by atoms with Gasteiger partial charge in [0.25, 0.3) is 0 Å². The molecule has 0 aromatic carbocycles. The molecular formula is C36H60N2O8. The molecule has 0 saturated carbocycles. The fourth-order valence-electron chi connectivity index (χ4n) is 4.10.